The number of alkyl halides is 1. The number of amides is 1. The lowest BCUT2D eigenvalue weighted by atomic mass is 10.1. The van der Waals surface area contributed by atoms with E-state index in [1.807, 2.05) is 0 Å². The minimum atomic E-state index is -0.814. The molecule has 0 radical (unpaired) electrons. The van der Waals surface area contributed by atoms with E-state index in [0.717, 1.165) is 6.20 Å². The number of halogens is 2. The maximum Gasteiger partial charge on any atom is 0.231 e. The summed E-state index contributed by atoms with van der Waals surface area (Å²) in [6.45, 7) is 0. The maximum atomic E-state index is 13.4. The molecule has 1 aromatic rings. The molecule has 1 atom stereocenters. The summed E-state index contributed by atoms with van der Waals surface area (Å²) < 4.78 is 13.4. The fourth-order valence-corrected chi connectivity index (χ4v) is 1.54. The quantitative estimate of drug-likeness (QED) is 0.540. The van der Waals surface area contributed by atoms with Gasteiger partial charge in [0.25, 0.3) is 0 Å². The Balaban J connectivity index is 2.40. The van der Waals surface area contributed by atoms with Crippen molar-refractivity contribution in [3.05, 3.63) is 24.0 Å². The smallest absolute Gasteiger partial charge is 0.231 e. The zero-order valence-electron chi connectivity index (χ0n) is 8.39. The average Bonchev–Trinajstić information content (AvgIpc) is 2.26. The van der Waals surface area contributed by atoms with Crippen LogP contribution in [0, 0.1) is 5.82 Å². The molecule has 16 heavy (non-hydrogen) atoms. The Morgan fingerprint density at radius 3 is 3.00 bits per heavy atom. The standard InChI is InChI=1S/C9H8ClFN4O/c1-15-7(16)2-6(14-9(15)10)8-5(11)3-12-4-13-8/h3-4,9H,2H2,1H3. The van der Waals surface area contributed by atoms with Gasteiger partial charge < -0.3 is 4.90 Å². The molecule has 1 unspecified atom stereocenters. The molecular formula is C9H8ClFN4O. The van der Waals surface area contributed by atoms with Gasteiger partial charge >= 0.3 is 0 Å². The second-order valence-corrected chi connectivity index (χ2v) is 3.68. The second kappa shape index (κ2) is 4.13. The summed E-state index contributed by atoms with van der Waals surface area (Å²) in [4.78, 5) is 24.1. The van der Waals surface area contributed by atoms with Crippen molar-refractivity contribution in [1.29, 1.82) is 0 Å². The number of hydrogen-bond acceptors (Lipinski definition) is 4. The van der Waals surface area contributed by atoms with Gasteiger partial charge in [-0.25, -0.2) is 19.4 Å². The van der Waals surface area contributed by atoms with Crippen molar-refractivity contribution in [1.82, 2.24) is 14.9 Å². The SMILES string of the molecule is CN1C(=O)CC(c2ncncc2F)=NC1Cl. The van der Waals surface area contributed by atoms with Crippen LogP contribution in [-0.2, 0) is 4.79 Å². The van der Waals surface area contributed by atoms with Crippen molar-refractivity contribution in [2.45, 2.75) is 12.0 Å². The lowest BCUT2D eigenvalue weighted by molar-refractivity contribution is -0.129. The van der Waals surface area contributed by atoms with Crippen molar-refractivity contribution >= 4 is 23.2 Å². The molecule has 5 nitrogen and oxygen atoms in total. The first-order valence-electron chi connectivity index (χ1n) is 4.52. The van der Waals surface area contributed by atoms with E-state index < -0.39 is 11.4 Å². The molecule has 0 spiro atoms. The fourth-order valence-electron chi connectivity index (χ4n) is 1.32. The van der Waals surface area contributed by atoms with Crippen molar-refractivity contribution in [3.8, 4) is 0 Å². The molecule has 0 aliphatic carbocycles. The molecule has 0 saturated carbocycles. The highest BCUT2D eigenvalue weighted by atomic mass is 35.5. The minimum Gasteiger partial charge on any atom is -0.311 e. The van der Waals surface area contributed by atoms with Crippen molar-refractivity contribution in [2.75, 3.05) is 7.05 Å². The molecular weight excluding hydrogens is 235 g/mol. The van der Waals surface area contributed by atoms with E-state index in [-0.39, 0.29) is 23.7 Å². The van der Waals surface area contributed by atoms with Gasteiger partial charge in [-0.2, -0.15) is 0 Å². The van der Waals surface area contributed by atoms with E-state index in [4.69, 9.17) is 11.6 Å². The summed E-state index contributed by atoms with van der Waals surface area (Å²) in [6, 6.07) is 0. The van der Waals surface area contributed by atoms with Crippen LogP contribution >= 0.6 is 11.6 Å². The first kappa shape index (κ1) is 10.9. The monoisotopic (exact) mass is 242 g/mol. The van der Waals surface area contributed by atoms with Crippen LogP contribution in [0.1, 0.15) is 12.1 Å². The second-order valence-electron chi connectivity index (χ2n) is 3.29. The van der Waals surface area contributed by atoms with Gasteiger partial charge in [0.15, 0.2) is 11.4 Å². The summed E-state index contributed by atoms with van der Waals surface area (Å²) >= 11 is 5.81. The normalized spacial score (nSPS) is 20.9. The summed E-state index contributed by atoms with van der Waals surface area (Å²) in [7, 11) is 1.54. The molecule has 7 heteroatoms. The Morgan fingerprint density at radius 2 is 2.38 bits per heavy atom. The first-order chi connectivity index (χ1) is 7.59. The number of carbonyl (C=O) groups excluding carboxylic acids is 1. The molecule has 84 valence electrons. The van der Waals surface area contributed by atoms with Gasteiger partial charge in [-0.05, 0) is 0 Å². The highest BCUT2D eigenvalue weighted by molar-refractivity contribution is 6.24. The largest absolute Gasteiger partial charge is 0.311 e. The molecule has 2 rings (SSSR count). The summed E-state index contributed by atoms with van der Waals surface area (Å²) in [5.74, 6) is -0.828. The van der Waals surface area contributed by atoms with Crippen LogP contribution in [0.5, 0.6) is 0 Å². The molecule has 1 amide bonds. The lowest BCUT2D eigenvalue weighted by Crippen LogP contribution is -2.39. The minimum absolute atomic E-state index is 0.00630. The summed E-state index contributed by atoms with van der Waals surface area (Å²) in [5, 5.41) is 0. The Labute approximate surface area is 96.0 Å². The number of rotatable bonds is 1. The van der Waals surface area contributed by atoms with Crippen molar-refractivity contribution < 1.29 is 9.18 Å². The van der Waals surface area contributed by atoms with E-state index >= 15 is 0 Å². The van der Waals surface area contributed by atoms with Crippen LogP contribution in [0.2, 0.25) is 0 Å². The molecule has 2 heterocycles. The highest BCUT2D eigenvalue weighted by Crippen LogP contribution is 2.17. The van der Waals surface area contributed by atoms with Crippen molar-refractivity contribution in [3.63, 3.8) is 0 Å². The molecule has 1 aromatic heterocycles. The van der Waals surface area contributed by atoms with Gasteiger partial charge in [-0.15, -0.1) is 0 Å². The molecule has 0 aromatic carbocycles. The molecule has 0 N–H and O–H groups in total. The Bertz CT molecular complexity index is 465. The highest BCUT2D eigenvalue weighted by Gasteiger charge is 2.27. The van der Waals surface area contributed by atoms with Gasteiger partial charge in [0.2, 0.25) is 5.91 Å². The van der Waals surface area contributed by atoms with Gasteiger partial charge in [0.1, 0.15) is 12.0 Å². The van der Waals surface area contributed by atoms with E-state index in [1.54, 1.807) is 0 Å². The molecule has 1 aliphatic heterocycles. The van der Waals surface area contributed by atoms with Crippen molar-refractivity contribution in [2.24, 2.45) is 4.99 Å². The zero-order chi connectivity index (χ0) is 11.7. The molecule has 0 saturated heterocycles. The predicted octanol–water partition coefficient (Wildman–Crippen LogP) is 0.789. The third kappa shape index (κ3) is 1.88. The van der Waals surface area contributed by atoms with Gasteiger partial charge in [-0.1, -0.05) is 11.6 Å². The number of hydrogen-bond donors (Lipinski definition) is 0. The molecule has 0 fully saturated rings. The third-order valence-electron chi connectivity index (χ3n) is 2.23. The third-order valence-corrected chi connectivity index (χ3v) is 2.63. The van der Waals surface area contributed by atoms with E-state index in [1.165, 1.54) is 18.3 Å². The van der Waals surface area contributed by atoms with E-state index in [0.29, 0.717) is 0 Å². The zero-order valence-corrected chi connectivity index (χ0v) is 9.15. The summed E-state index contributed by atoms with van der Waals surface area (Å²) in [6.07, 6.45) is 2.22. The van der Waals surface area contributed by atoms with Crippen LogP contribution in [0.25, 0.3) is 0 Å². The number of aromatic nitrogens is 2. The van der Waals surface area contributed by atoms with Gasteiger partial charge in [0, 0.05) is 7.05 Å². The number of carbonyl (C=O) groups is 1. The Hall–Kier alpha value is -1.56. The van der Waals surface area contributed by atoms with Gasteiger partial charge in [-0.3, -0.25) is 4.79 Å². The van der Waals surface area contributed by atoms with E-state index in [2.05, 4.69) is 15.0 Å². The van der Waals surface area contributed by atoms with Crippen LogP contribution < -0.4 is 0 Å². The molecule has 0 bridgehead atoms. The topological polar surface area (TPSA) is 58.5 Å². The predicted molar refractivity (Wildman–Crippen MR) is 55.6 cm³/mol. The molecule has 1 aliphatic rings. The van der Waals surface area contributed by atoms with Crippen LogP contribution in [-0.4, -0.2) is 39.2 Å². The Kier molecular flexibility index (Phi) is 2.82. The number of aliphatic imine (C=N–C) groups is 1. The first-order valence-corrected chi connectivity index (χ1v) is 4.95. The van der Waals surface area contributed by atoms with Crippen LogP contribution in [0.4, 0.5) is 4.39 Å². The average molecular weight is 243 g/mol. The lowest BCUT2D eigenvalue weighted by Gasteiger charge is -2.25. The van der Waals surface area contributed by atoms with Crippen LogP contribution in [0.15, 0.2) is 17.5 Å². The maximum absolute atomic E-state index is 13.4. The Morgan fingerprint density at radius 1 is 1.62 bits per heavy atom. The summed E-state index contributed by atoms with van der Waals surface area (Å²) in [5.41, 5.74) is -0.532. The van der Waals surface area contributed by atoms with Crippen LogP contribution in [0.3, 0.4) is 0 Å². The number of nitrogens with zero attached hydrogens (tertiary/aromatic N) is 4. The van der Waals surface area contributed by atoms with E-state index in [9.17, 15) is 9.18 Å². The van der Waals surface area contributed by atoms with Gasteiger partial charge in [0.05, 0.1) is 18.3 Å². The fraction of sp³-hybridized carbons (Fsp3) is 0.333.